The fourth-order valence-corrected chi connectivity index (χ4v) is 3.15. The van der Waals surface area contributed by atoms with Gasteiger partial charge in [0.1, 0.15) is 0 Å². The van der Waals surface area contributed by atoms with Crippen molar-refractivity contribution >= 4 is 11.8 Å². The fraction of sp³-hybridized carbons (Fsp3) is 0.667. The molecular weight excluding hydrogens is 192 g/mol. The second-order valence-corrected chi connectivity index (χ2v) is 5.03. The maximum atomic E-state index is 11.7. The fourth-order valence-electron chi connectivity index (χ4n) is 3.15. The van der Waals surface area contributed by atoms with Crippen LogP contribution in [0.25, 0.3) is 0 Å². The van der Waals surface area contributed by atoms with Gasteiger partial charge >= 0.3 is 5.97 Å². The molecule has 3 unspecified atom stereocenters. The summed E-state index contributed by atoms with van der Waals surface area (Å²) in [6, 6.07) is 0. The zero-order valence-electron chi connectivity index (χ0n) is 9.12. The Morgan fingerprint density at radius 2 is 2.27 bits per heavy atom. The predicted octanol–water partition coefficient (Wildman–Crippen LogP) is 2.02. The van der Waals surface area contributed by atoms with E-state index in [1.54, 1.807) is 6.08 Å². The van der Waals surface area contributed by atoms with E-state index < -0.39 is 5.97 Å². The van der Waals surface area contributed by atoms with Crippen molar-refractivity contribution in [2.45, 2.75) is 33.1 Å². The van der Waals surface area contributed by atoms with Crippen molar-refractivity contribution in [2.24, 2.45) is 17.3 Å². The third-order valence-electron chi connectivity index (χ3n) is 4.20. The SMILES string of the molecule is CC1=CC(=O)C2CC1C2(C)CCC(=O)O. The second-order valence-electron chi connectivity index (χ2n) is 5.03. The van der Waals surface area contributed by atoms with Crippen LogP contribution in [0.4, 0.5) is 0 Å². The minimum atomic E-state index is -0.768. The number of fused-ring (bicyclic) bond motifs is 1. The van der Waals surface area contributed by atoms with E-state index in [0.717, 1.165) is 12.0 Å². The maximum Gasteiger partial charge on any atom is 0.303 e. The Bertz CT molecular complexity index is 356. The lowest BCUT2D eigenvalue weighted by Crippen LogP contribution is -2.54. The number of carbonyl (C=O) groups is 2. The summed E-state index contributed by atoms with van der Waals surface area (Å²) < 4.78 is 0. The monoisotopic (exact) mass is 208 g/mol. The number of carbonyl (C=O) groups excluding carboxylic acids is 1. The van der Waals surface area contributed by atoms with Crippen LogP contribution in [0.5, 0.6) is 0 Å². The van der Waals surface area contributed by atoms with Crippen LogP contribution in [0.2, 0.25) is 0 Å². The third-order valence-corrected chi connectivity index (χ3v) is 4.20. The smallest absolute Gasteiger partial charge is 0.303 e. The number of aliphatic carboxylic acids is 1. The van der Waals surface area contributed by atoms with Crippen LogP contribution in [-0.4, -0.2) is 16.9 Å². The lowest BCUT2D eigenvalue weighted by Gasteiger charge is -2.56. The average molecular weight is 208 g/mol. The molecule has 0 spiro atoms. The van der Waals surface area contributed by atoms with E-state index in [4.69, 9.17) is 5.11 Å². The molecule has 3 nitrogen and oxygen atoms in total. The van der Waals surface area contributed by atoms with Gasteiger partial charge in [-0.2, -0.15) is 0 Å². The normalized spacial score (nSPS) is 38.3. The molecule has 0 aromatic rings. The van der Waals surface area contributed by atoms with Gasteiger partial charge in [0.15, 0.2) is 5.78 Å². The van der Waals surface area contributed by atoms with Gasteiger partial charge in [-0.1, -0.05) is 12.5 Å². The highest BCUT2D eigenvalue weighted by Gasteiger charge is 2.56. The predicted molar refractivity (Wildman–Crippen MR) is 55.3 cm³/mol. The molecule has 82 valence electrons. The molecule has 0 amide bonds. The topological polar surface area (TPSA) is 54.4 Å². The van der Waals surface area contributed by atoms with E-state index in [1.165, 1.54) is 0 Å². The van der Waals surface area contributed by atoms with Crippen LogP contribution in [0.15, 0.2) is 11.6 Å². The van der Waals surface area contributed by atoms with Crippen LogP contribution in [0.3, 0.4) is 0 Å². The Hall–Kier alpha value is -1.12. The summed E-state index contributed by atoms with van der Waals surface area (Å²) in [7, 11) is 0. The Labute approximate surface area is 89.2 Å². The van der Waals surface area contributed by atoms with Gasteiger partial charge in [-0.15, -0.1) is 0 Å². The van der Waals surface area contributed by atoms with Crippen molar-refractivity contribution in [1.82, 2.24) is 0 Å². The maximum absolute atomic E-state index is 11.7. The highest BCUT2D eigenvalue weighted by atomic mass is 16.4. The summed E-state index contributed by atoms with van der Waals surface area (Å²) in [4.78, 5) is 22.2. The molecule has 0 aliphatic heterocycles. The van der Waals surface area contributed by atoms with Crippen LogP contribution in [0.1, 0.15) is 33.1 Å². The van der Waals surface area contributed by atoms with Gasteiger partial charge in [-0.25, -0.2) is 0 Å². The molecule has 3 aliphatic carbocycles. The second kappa shape index (κ2) is 3.19. The number of carboxylic acids is 1. The molecule has 0 aromatic carbocycles. The molecule has 1 fully saturated rings. The van der Waals surface area contributed by atoms with Gasteiger partial charge in [0, 0.05) is 12.3 Å². The molecule has 0 aromatic heterocycles. The molecule has 0 radical (unpaired) electrons. The van der Waals surface area contributed by atoms with Crippen molar-refractivity contribution in [3.05, 3.63) is 11.6 Å². The molecule has 1 N–H and O–H groups in total. The summed E-state index contributed by atoms with van der Waals surface area (Å²) in [5.74, 6) is -0.0664. The molecule has 15 heavy (non-hydrogen) atoms. The number of allylic oxidation sites excluding steroid dienone is 2. The first-order valence-electron chi connectivity index (χ1n) is 5.39. The van der Waals surface area contributed by atoms with Crippen molar-refractivity contribution in [2.75, 3.05) is 0 Å². The van der Waals surface area contributed by atoms with E-state index >= 15 is 0 Å². The molecule has 0 saturated heterocycles. The summed E-state index contributed by atoms with van der Waals surface area (Å²) in [5.41, 5.74) is 1.05. The quantitative estimate of drug-likeness (QED) is 0.772. The summed E-state index contributed by atoms with van der Waals surface area (Å²) in [6.45, 7) is 4.04. The van der Waals surface area contributed by atoms with Crippen molar-refractivity contribution in [3.63, 3.8) is 0 Å². The standard InChI is InChI=1S/C12H16O3/c1-7-5-10(13)9-6-8(7)12(9,2)4-3-11(14)15/h5,8-9H,3-4,6H2,1-2H3,(H,14,15). The van der Waals surface area contributed by atoms with Gasteiger partial charge < -0.3 is 5.11 Å². The van der Waals surface area contributed by atoms with Gasteiger partial charge in [-0.3, -0.25) is 9.59 Å². The van der Waals surface area contributed by atoms with Crippen molar-refractivity contribution < 1.29 is 14.7 Å². The summed E-state index contributed by atoms with van der Waals surface area (Å²) >= 11 is 0. The van der Waals surface area contributed by atoms with E-state index in [0.29, 0.717) is 12.3 Å². The van der Waals surface area contributed by atoms with Gasteiger partial charge in [0.2, 0.25) is 0 Å². The average Bonchev–Trinajstić information content (AvgIpc) is 2.11. The van der Waals surface area contributed by atoms with Crippen LogP contribution < -0.4 is 0 Å². The molecule has 3 rings (SSSR count). The molecule has 0 heterocycles. The highest BCUT2D eigenvalue weighted by Crippen LogP contribution is 2.60. The zero-order valence-corrected chi connectivity index (χ0v) is 9.12. The lowest BCUT2D eigenvalue weighted by atomic mass is 9.46. The van der Waals surface area contributed by atoms with Crippen molar-refractivity contribution in [3.8, 4) is 0 Å². The first kappa shape index (κ1) is 10.4. The Morgan fingerprint density at radius 3 is 2.73 bits per heavy atom. The first-order valence-corrected chi connectivity index (χ1v) is 5.39. The Morgan fingerprint density at radius 1 is 1.60 bits per heavy atom. The largest absolute Gasteiger partial charge is 0.481 e. The third kappa shape index (κ3) is 1.41. The molecule has 3 atom stereocenters. The van der Waals surface area contributed by atoms with Crippen LogP contribution in [-0.2, 0) is 9.59 Å². The van der Waals surface area contributed by atoms with Gasteiger partial charge in [0.05, 0.1) is 0 Å². The molecule has 3 aliphatic rings. The van der Waals surface area contributed by atoms with Gasteiger partial charge in [0.25, 0.3) is 0 Å². The molecule has 2 bridgehead atoms. The first-order chi connectivity index (χ1) is 6.95. The number of ketones is 1. The summed E-state index contributed by atoms with van der Waals surface area (Å²) in [5, 5.41) is 8.69. The number of hydrogen-bond donors (Lipinski definition) is 1. The minimum Gasteiger partial charge on any atom is -0.481 e. The summed E-state index contributed by atoms with van der Waals surface area (Å²) in [6.07, 6.45) is 3.46. The lowest BCUT2D eigenvalue weighted by molar-refractivity contribution is -0.144. The zero-order chi connectivity index (χ0) is 11.2. The van der Waals surface area contributed by atoms with E-state index in [2.05, 4.69) is 6.92 Å². The van der Waals surface area contributed by atoms with Gasteiger partial charge in [-0.05, 0) is 37.2 Å². The van der Waals surface area contributed by atoms with Crippen molar-refractivity contribution in [1.29, 1.82) is 0 Å². The highest BCUT2D eigenvalue weighted by molar-refractivity contribution is 5.96. The number of carboxylic acid groups (broad SMARTS) is 1. The molecule has 1 saturated carbocycles. The minimum absolute atomic E-state index is 0.0746. The Kier molecular flexibility index (Phi) is 2.21. The number of rotatable bonds is 3. The van der Waals surface area contributed by atoms with E-state index in [-0.39, 0.29) is 23.5 Å². The van der Waals surface area contributed by atoms with E-state index in [1.807, 2.05) is 6.92 Å². The number of hydrogen-bond acceptors (Lipinski definition) is 2. The molecule has 3 heteroatoms. The van der Waals surface area contributed by atoms with E-state index in [9.17, 15) is 9.59 Å². The Balaban J connectivity index is 2.15. The van der Waals surface area contributed by atoms with Crippen LogP contribution in [0, 0.1) is 17.3 Å². The molecular formula is C12H16O3. The van der Waals surface area contributed by atoms with Crippen LogP contribution >= 0.6 is 0 Å².